The van der Waals surface area contributed by atoms with Crippen LogP contribution in [-0.2, 0) is 6.18 Å². The molecule has 0 aliphatic carbocycles. The third kappa shape index (κ3) is 1.87. The number of rotatable bonds is 2. The number of carbonyl (C=O) groups is 1. The molecule has 0 saturated carbocycles. The van der Waals surface area contributed by atoms with Gasteiger partial charge in [0.15, 0.2) is 0 Å². The Hall–Kier alpha value is -2.18. The number of benzene rings is 1. The Morgan fingerprint density at radius 1 is 1.39 bits per heavy atom. The van der Waals surface area contributed by atoms with E-state index >= 15 is 0 Å². The number of hydrogen-bond donors (Lipinski definition) is 1. The molecule has 1 aromatic heterocycles. The zero-order valence-corrected chi connectivity index (χ0v) is 9.04. The van der Waals surface area contributed by atoms with Crippen LogP contribution in [0.15, 0.2) is 22.8 Å². The summed E-state index contributed by atoms with van der Waals surface area (Å²) in [5.74, 6) is -1.43. The summed E-state index contributed by atoms with van der Waals surface area (Å²) in [4.78, 5) is 10.9. The Labute approximate surface area is 98.6 Å². The highest BCUT2D eigenvalue weighted by Crippen LogP contribution is 2.38. The lowest BCUT2D eigenvalue weighted by atomic mass is 10.1. The molecule has 2 rings (SSSR count). The molecule has 0 amide bonds. The quantitative estimate of drug-likeness (QED) is 0.900. The summed E-state index contributed by atoms with van der Waals surface area (Å²) in [6.07, 6.45) is -4.05. The van der Waals surface area contributed by atoms with E-state index in [0.29, 0.717) is 6.26 Å². The molecule has 0 fully saturated rings. The first kappa shape index (κ1) is 12.3. The van der Waals surface area contributed by atoms with Crippen LogP contribution in [0, 0.1) is 0 Å². The van der Waals surface area contributed by atoms with Crippen molar-refractivity contribution in [2.75, 3.05) is 7.11 Å². The molecule has 0 bridgehead atoms. The van der Waals surface area contributed by atoms with E-state index in [1.54, 1.807) is 0 Å². The number of furan rings is 1. The fraction of sp³-hybridized carbons (Fsp3) is 0.182. The molecule has 1 heterocycles. The average molecular weight is 260 g/mol. The zero-order valence-electron chi connectivity index (χ0n) is 9.04. The monoisotopic (exact) mass is 260 g/mol. The van der Waals surface area contributed by atoms with Gasteiger partial charge in [-0.05, 0) is 6.07 Å². The second kappa shape index (κ2) is 3.94. The number of carboxylic acid groups (broad SMARTS) is 1. The van der Waals surface area contributed by atoms with E-state index in [1.807, 2.05) is 0 Å². The standard InChI is InChI=1S/C11H7F3O4/c1-17-8-3-9-5(2-6(8)10(15)16)7(4-18-9)11(12,13)14/h2-4H,1H3,(H,15,16). The van der Waals surface area contributed by atoms with Gasteiger partial charge >= 0.3 is 12.1 Å². The Balaban J connectivity index is 2.76. The summed E-state index contributed by atoms with van der Waals surface area (Å²) in [7, 11) is 1.22. The number of methoxy groups -OCH3 is 1. The molecule has 7 heteroatoms. The molecule has 0 atom stereocenters. The molecule has 0 spiro atoms. The van der Waals surface area contributed by atoms with Crippen LogP contribution >= 0.6 is 0 Å². The summed E-state index contributed by atoms with van der Waals surface area (Å²) in [5.41, 5.74) is -1.44. The lowest BCUT2D eigenvalue weighted by Crippen LogP contribution is -2.05. The van der Waals surface area contributed by atoms with Crippen molar-refractivity contribution in [3.63, 3.8) is 0 Å². The molecular weight excluding hydrogens is 253 g/mol. The minimum Gasteiger partial charge on any atom is -0.496 e. The summed E-state index contributed by atoms with van der Waals surface area (Å²) in [5, 5.41) is 8.59. The minimum atomic E-state index is -4.60. The van der Waals surface area contributed by atoms with Gasteiger partial charge < -0.3 is 14.3 Å². The SMILES string of the molecule is COc1cc2occ(C(F)(F)F)c2cc1C(=O)O. The van der Waals surface area contributed by atoms with Crippen LogP contribution in [0.4, 0.5) is 13.2 Å². The summed E-state index contributed by atoms with van der Waals surface area (Å²) in [6.45, 7) is 0. The van der Waals surface area contributed by atoms with E-state index in [9.17, 15) is 18.0 Å². The zero-order chi connectivity index (χ0) is 13.5. The first-order valence-corrected chi connectivity index (χ1v) is 4.74. The lowest BCUT2D eigenvalue weighted by Gasteiger charge is -2.06. The summed E-state index contributed by atoms with van der Waals surface area (Å²) >= 11 is 0. The normalized spacial score (nSPS) is 11.8. The van der Waals surface area contributed by atoms with Crippen molar-refractivity contribution in [3.05, 3.63) is 29.5 Å². The molecule has 2 aromatic rings. The van der Waals surface area contributed by atoms with Crippen LogP contribution in [0.5, 0.6) is 5.75 Å². The van der Waals surface area contributed by atoms with E-state index in [-0.39, 0.29) is 22.3 Å². The maximum Gasteiger partial charge on any atom is 0.420 e. The van der Waals surface area contributed by atoms with Crippen LogP contribution in [0.1, 0.15) is 15.9 Å². The van der Waals surface area contributed by atoms with Crippen LogP contribution in [0.25, 0.3) is 11.0 Å². The molecular formula is C11H7F3O4. The van der Waals surface area contributed by atoms with Gasteiger partial charge in [-0.2, -0.15) is 13.2 Å². The van der Waals surface area contributed by atoms with E-state index in [0.717, 1.165) is 12.1 Å². The molecule has 0 radical (unpaired) electrons. The third-order valence-corrected chi connectivity index (χ3v) is 2.43. The van der Waals surface area contributed by atoms with Gasteiger partial charge in [-0.3, -0.25) is 0 Å². The smallest absolute Gasteiger partial charge is 0.420 e. The number of fused-ring (bicyclic) bond motifs is 1. The molecule has 18 heavy (non-hydrogen) atoms. The molecule has 1 N–H and O–H groups in total. The van der Waals surface area contributed by atoms with Gasteiger partial charge in [0.25, 0.3) is 0 Å². The Morgan fingerprint density at radius 3 is 2.56 bits per heavy atom. The second-order valence-electron chi connectivity index (χ2n) is 3.50. The van der Waals surface area contributed by atoms with Crippen molar-refractivity contribution in [2.24, 2.45) is 0 Å². The summed E-state index contributed by atoms with van der Waals surface area (Å²) < 4.78 is 47.4. The first-order chi connectivity index (χ1) is 8.34. The van der Waals surface area contributed by atoms with Gasteiger partial charge in [0.05, 0.1) is 7.11 Å². The molecule has 0 saturated heterocycles. The van der Waals surface area contributed by atoms with Crippen LogP contribution in [0.2, 0.25) is 0 Å². The fourth-order valence-electron chi connectivity index (χ4n) is 1.61. The lowest BCUT2D eigenvalue weighted by molar-refractivity contribution is -0.136. The van der Waals surface area contributed by atoms with Gasteiger partial charge in [-0.25, -0.2) is 4.79 Å². The topological polar surface area (TPSA) is 59.7 Å². The predicted octanol–water partition coefficient (Wildman–Crippen LogP) is 3.16. The molecule has 0 unspecified atom stereocenters. The Kier molecular flexibility index (Phi) is 2.68. The number of hydrogen-bond acceptors (Lipinski definition) is 3. The first-order valence-electron chi connectivity index (χ1n) is 4.74. The van der Waals surface area contributed by atoms with Gasteiger partial charge in [0, 0.05) is 11.5 Å². The van der Waals surface area contributed by atoms with Crippen LogP contribution in [-0.4, -0.2) is 18.2 Å². The molecule has 0 aliphatic rings. The van der Waals surface area contributed by atoms with Crippen molar-refractivity contribution in [3.8, 4) is 5.75 Å². The minimum absolute atomic E-state index is 0.0573. The van der Waals surface area contributed by atoms with Crippen molar-refractivity contribution in [2.45, 2.75) is 6.18 Å². The number of halogens is 3. The summed E-state index contributed by atoms with van der Waals surface area (Å²) in [6, 6.07) is 2.01. The van der Waals surface area contributed by atoms with Crippen molar-refractivity contribution >= 4 is 16.9 Å². The number of alkyl halides is 3. The van der Waals surface area contributed by atoms with Gasteiger partial charge in [0.2, 0.25) is 0 Å². The van der Waals surface area contributed by atoms with Crippen molar-refractivity contribution in [1.82, 2.24) is 0 Å². The Bertz CT molecular complexity index is 613. The van der Waals surface area contributed by atoms with E-state index in [2.05, 4.69) is 0 Å². The maximum atomic E-state index is 12.6. The second-order valence-corrected chi connectivity index (χ2v) is 3.50. The van der Waals surface area contributed by atoms with Crippen LogP contribution in [0.3, 0.4) is 0 Å². The van der Waals surface area contributed by atoms with Crippen molar-refractivity contribution in [1.29, 1.82) is 0 Å². The predicted molar refractivity (Wildman–Crippen MR) is 54.7 cm³/mol. The third-order valence-electron chi connectivity index (χ3n) is 2.43. The van der Waals surface area contributed by atoms with Crippen molar-refractivity contribution < 1.29 is 32.2 Å². The Morgan fingerprint density at radius 2 is 2.06 bits per heavy atom. The highest BCUT2D eigenvalue weighted by Gasteiger charge is 2.35. The maximum absolute atomic E-state index is 12.6. The number of ether oxygens (including phenoxy) is 1. The van der Waals surface area contributed by atoms with E-state index in [4.69, 9.17) is 14.3 Å². The molecule has 4 nitrogen and oxygen atoms in total. The van der Waals surface area contributed by atoms with E-state index in [1.165, 1.54) is 7.11 Å². The van der Waals surface area contributed by atoms with Crippen LogP contribution < -0.4 is 4.74 Å². The van der Waals surface area contributed by atoms with Gasteiger partial charge in [0.1, 0.15) is 28.7 Å². The average Bonchev–Trinajstić information content (AvgIpc) is 2.69. The molecule has 96 valence electrons. The fourth-order valence-corrected chi connectivity index (χ4v) is 1.61. The van der Waals surface area contributed by atoms with Gasteiger partial charge in [-0.1, -0.05) is 0 Å². The molecule has 0 aliphatic heterocycles. The number of carboxylic acids is 1. The highest BCUT2D eigenvalue weighted by atomic mass is 19.4. The largest absolute Gasteiger partial charge is 0.496 e. The molecule has 1 aromatic carbocycles. The van der Waals surface area contributed by atoms with Gasteiger partial charge in [-0.15, -0.1) is 0 Å². The number of aromatic carboxylic acids is 1. The highest BCUT2D eigenvalue weighted by molar-refractivity contribution is 5.97. The van der Waals surface area contributed by atoms with E-state index < -0.39 is 17.7 Å².